The zero-order chi connectivity index (χ0) is 13.1. The highest BCUT2D eigenvalue weighted by atomic mass is 19.1. The average molecular weight is 253 g/mol. The topological polar surface area (TPSA) is 57.0 Å². The number of aromatic nitrogens is 3. The van der Waals surface area contributed by atoms with E-state index >= 15 is 0 Å². The van der Waals surface area contributed by atoms with Crippen LogP contribution in [0.3, 0.4) is 0 Å². The zero-order valence-corrected chi connectivity index (χ0v) is 9.43. The number of methoxy groups -OCH3 is 1. The van der Waals surface area contributed by atoms with Crippen molar-refractivity contribution >= 4 is 5.97 Å². The van der Waals surface area contributed by atoms with E-state index in [-0.39, 0.29) is 17.9 Å². The van der Waals surface area contributed by atoms with Gasteiger partial charge in [-0.05, 0) is 6.07 Å². The molecule has 0 saturated carbocycles. The van der Waals surface area contributed by atoms with Gasteiger partial charge in [0, 0.05) is 11.6 Å². The van der Waals surface area contributed by atoms with Crippen molar-refractivity contribution < 1.29 is 18.3 Å². The van der Waals surface area contributed by atoms with Gasteiger partial charge in [0.05, 0.1) is 13.7 Å². The van der Waals surface area contributed by atoms with Crippen molar-refractivity contribution in [1.82, 2.24) is 14.8 Å². The molecule has 0 radical (unpaired) electrons. The van der Waals surface area contributed by atoms with Crippen LogP contribution in [0.1, 0.15) is 16.2 Å². The lowest BCUT2D eigenvalue weighted by molar-refractivity contribution is 0.0586. The third-order valence-electron chi connectivity index (χ3n) is 2.25. The summed E-state index contributed by atoms with van der Waals surface area (Å²) in [5, 5.41) is 3.81. The average Bonchev–Trinajstić information content (AvgIpc) is 2.80. The molecule has 0 N–H and O–H groups in total. The molecule has 2 rings (SSSR count). The number of carbonyl (C=O) groups excluding carboxylic acids is 1. The molecule has 0 unspecified atom stereocenters. The smallest absolute Gasteiger partial charge is 0.377 e. The van der Waals surface area contributed by atoms with E-state index in [1.54, 1.807) is 0 Å². The van der Waals surface area contributed by atoms with Gasteiger partial charge in [-0.15, -0.1) is 5.10 Å². The van der Waals surface area contributed by atoms with Crippen LogP contribution in [0.4, 0.5) is 8.78 Å². The van der Waals surface area contributed by atoms with Crippen molar-refractivity contribution in [3.05, 3.63) is 47.5 Å². The second kappa shape index (κ2) is 4.91. The maximum Gasteiger partial charge on any atom is 0.377 e. The number of nitrogens with zero attached hydrogens (tertiary/aromatic N) is 3. The number of esters is 1. The fourth-order valence-corrected chi connectivity index (χ4v) is 1.38. The van der Waals surface area contributed by atoms with Crippen molar-refractivity contribution in [2.24, 2.45) is 0 Å². The minimum atomic E-state index is -0.676. The molecule has 0 bridgehead atoms. The van der Waals surface area contributed by atoms with Crippen LogP contribution >= 0.6 is 0 Å². The van der Waals surface area contributed by atoms with Gasteiger partial charge in [0.15, 0.2) is 0 Å². The molecule has 1 aromatic carbocycles. The first-order chi connectivity index (χ1) is 8.60. The van der Waals surface area contributed by atoms with E-state index in [0.29, 0.717) is 0 Å². The lowest BCUT2D eigenvalue weighted by Crippen LogP contribution is -2.07. The summed E-state index contributed by atoms with van der Waals surface area (Å²) in [6.45, 7) is 0.0517. The summed E-state index contributed by atoms with van der Waals surface area (Å²) in [6, 6.07) is 3.24. The molecule has 2 aromatic rings. The second-order valence-electron chi connectivity index (χ2n) is 3.49. The van der Waals surface area contributed by atoms with Gasteiger partial charge in [-0.3, -0.25) is 0 Å². The van der Waals surface area contributed by atoms with E-state index in [9.17, 15) is 13.6 Å². The summed E-state index contributed by atoms with van der Waals surface area (Å²) in [5.74, 6) is -2.11. The van der Waals surface area contributed by atoms with E-state index in [2.05, 4.69) is 14.8 Å². The molecular weight excluding hydrogens is 244 g/mol. The maximum absolute atomic E-state index is 13.4. The zero-order valence-electron chi connectivity index (χ0n) is 9.43. The van der Waals surface area contributed by atoms with Gasteiger partial charge in [0.25, 0.3) is 5.82 Å². The Labute approximate surface area is 101 Å². The number of ether oxygens (including phenoxy) is 1. The Hall–Kier alpha value is -2.31. The lowest BCUT2D eigenvalue weighted by Gasteiger charge is -2.02. The van der Waals surface area contributed by atoms with Crippen LogP contribution in [0, 0.1) is 11.6 Å². The molecule has 0 aliphatic carbocycles. The molecule has 1 heterocycles. The molecule has 0 saturated heterocycles. The highest BCUT2D eigenvalue weighted by Crippen LogP contribution is 2.10. The third kappa shape index (κ3) is 2.50. The minimum Gasteiger partial charge on any atom is -0.463 e. The third-order valence-corrected chi connectivity index (χ3v) is 2.25. The van der Waals surface area contributed by atoms with Gasteiger partial charge < -0.3 is 4.74 Å². The summed E-state index contributed by atoms with van der Waals surface area (Å²) in [5.41, 5.74) is 0.248. The van der Waals surface area contributed by atoms with Crippen LogP contribution < -0.4 is 0 Å². The molecular formula is C11H9F2N3O2. The van der Waals surface area contributed by atoms with Crippen LogP contribution in [0.15, 0.2) is 24.5 Å². The fraction of sp³-hybridized carbons (Fsp3) is 0.182. The molecule has 1 aromatic heterocycles. The first-order valence-corrected chi connectivity index (χ1v) is 5.02. The van der Waals surface area contributed by atoms with Crippen molar-refractivity contribution in [2.45, 2.75) is 6.54 Å². The largest absolute Gasteiger partial charge is 0.463 e. The molecule has 0 amide bonds. The Morgan fingerprint density at radius 2 is 2.22 bits per heavy atom. The lowest BCUT2D eigenvalue weighted by atomic mass is 10.2. The summed E-state index contributed by atoms with van der Waals surface area (Å²) in [4.78, 5) is 14.8. The van der Waals surface area contributed by atoms with E-state index < -0.39 is 17.6 Å². The Balaban J connectivity index is 2.18. The fourth-order valence-electron chi connectivity index (χ4n) is 1.38. The van der Waals surface area contributed by atoms with Gasteiger partial charge in [-0.2, -0.15) is 0 Å². The highest BCUT2D eigenvalue weighted by molar-refractivity contribution is 5.84. The van der Waals surface area contributed by atoms with Crippen molar-refractivity contribution in [3.8, 4) is 0 Å². The van der Waals surface area contributed by atoms with Gasteiger partial charge in [0.2, 0.25) is 0 Å². The molecule has 0 spiro atoms. The number of halogens is 2. The predicted octanol–water partition coefficient (Wildman–Crippen LogP) is 1.39. The van der Waals surface area contributed by atoms with Crippen LogP contribution in [-0.2, 0) is 11.3 Å². The van der Waals surface area contributed by atoms with Crippen molar-refractivity contribution in [3.63, 3.8) is 0 Å². The number of hydrogen-bond donors (Lipinski definition) is 0. The normalized spacial score (nSPS) is 10.4. The molecule has 94 valence electrons. The molecule has 18 heavy (non-hydrogen) atoms. The molecule has 0 aliphatic rings. The standard InChI is InChI=1S/C11H9F2N3O2/c1-18-11(17)10-14-6-16(15-10)5-7-2-3-8(12)4-9(7)13/h2-4,6H,5H2,1H3. The minimum absolute atomic E-state index is 0.0517. The Bertz CT molecular complexity index is 583. The summed E-state index contributed by atoms with van der Waals surface area (Å²) < 4.78 is 31.8. The first-order valence-electron chi connectivity index (χ1n) is 5.02. The van der Waals surface area contributed by atoms with Gasteiger partial charge >= 0.3 is 5.97 Å². The monoisotopic (exact) mass is 253 g/mol. The Kier molecular flexibility index (Phi) is 3.31. The van der Waals surface area contributed by atoms with E-state index in [4.69, 9.17) is 0 Å². The van der Waals surface area contributed by atoms with E-state index in [0.717, 1.165) is 12.1 Å². The van der Waals surface area contributed by atoms with Crippen molar-refractivity contribution in [1.29, 1.82) is 0 Å². The molecule has 0 aliphatic heterocycles. The first kappa shape index (κ1) is 12.2. The summed E-state index contributed by atoms with van der Waals surface area (Å²) >= 11 is 0. The SMILES string of the molecule is COC(=O)c1ncn(Cc2ccc(F)cc2F)n1. The second-order valence-corrected chi connectivity index (χ2v) is 3.49. The van der Waals surface area contributed by atoms with Crippen LogP contribution in [-0.4, -0.2) is 27.8 Å². The Morgan fingerprint density at radius 1 is 1.44 bits per heavy atom. The van der Waals surface area contributed by atoms with Crippen LogP contribution in [0.25, 0.3) is 0 Å². The van der Waals surface area contributed by atoms with E-state index in [1.807, 2.05) is 0 Å². The number of benzene rings is 1. The predicted molar refractivity (Wildman–Crippen MR) is 56.8 cm³/mol. The quantitative estimate of drug-likeness (QED) is 0.776. The van der Waals surface area contributed by atoms with Crippen LogP contribution in [0.2, 0.25) is 0 Å². The molecule has 0 fully saturated rings. The summed E-state index contributed by atoms with van der Waals surface area (Å²) in [6.07, 6.45) is 1.27. The van der Waals surface area contributed by atoms with Crippen molar-refractivity contribution in [2.75, 3.05) is 7.11 Å². The van der Waals surface area contributed by atoms with Crippen LogP contribution in [0.5, 0.6) is 0 Å². The molecule has 5 nitrogen and oxygen atoms in total. The molecule has 7 heteroatoms. The maximum atomic E-state index is 13.4. The summed E-state index contributed by atoms with van der Waals surface area (Å²) in [7, 11) is 1.21. The molecule has 0 atom stereocenters. The number of hydrogen-bond acceptors (Lipinski definition) is 4. The van der Waals surface area contributed by atoms with E-state index in [1.165, 1.54) is 24.2 Å². The van der Waals surface area contributed by atoms with Gasteiger partial charge in [-0.25, -0.2) is 23.2 Å². The highest BCUT2D eigenvalue weighted by Gasteiger charge is 2.12. The Morgan fingerprint density at radius 3 is 2.89 bits per heavy atom. The van der Waals surface area contributed by atoms with Gasteiger partial charge in [0.1, 0.15) is 18.0 Å². The number of carbonyl (C=O) groups is 1. The number of rotatable bonds is 3. The van der Waals surface area contributed by atoms with Gasteiger partial charge in [-0.1, -0.05) is 6.07 Å².